The van der Waals surface area contributed by atoms with Crippen LogP contribution in [0.3, 0.4) is 0 Å². The van der Waals surface area contributed by atoms with Crippen molar-refractivity contribution in [1.29, 1.82) is 0 Å². The number of rotatable bonds is 5. The van der Waals surface area contributed by atoms with Crippen LogP contribution in [0.2, 0.25) is 0 Å². The average molecular weight is 346 g/mol. The third kappa shape index (κ3) is 4.53. The molecule has 1 aromatic heterocycles. The normalized spacial score (nSPS) is 15.2. The van der Waals surface area contributed by atoms with Crippen molar-refractivity contribution in [3.63, 3.8) is 0 Å². The molecule has 0 aliphatic carbocycles. The Hall–Kier alpha value is -1.96. The van der Waals surface area contributed by atoms with Crippen LogP contribution >= 0.6 is 11.3 Å². The first-order valence-electron chi connectivity index (χ1n) is 8.01. The number of nitrogens with one attached hydrogen (secondary N) is 1. The molecule has 6 nitrogen and oxygen atoms in total. The fourth-order valence-corrected chi connectivity index (χ4v) is 3.27. The van der Waals surface area contributed by atoms with Crippen molar-refractivity contribution in [2.75, 3.05) is 38.7 Å². The van der Waals surface area contributed by atoms with Gasteiger partial charge in [0.15, 0.2) is 0 Å². The van der Waals surface area contributed by atoms with Gasteiger partial charge in [0.05, 0.1) is 19.8 Å². The minimum atomic E-state index is -0.125. The number of hydrogen-bond donors (Lipinski definition) is 1. The van der Waals surface area contributed by atoms with Crippen LogP contribution in [0.15, 0.2) is 35.8 Å². The number of thiazole rings is 1. The van der Waals surface area contributed by atoms with E-state index in [9.17, 15) is 4.79 Å². The first-order valence-corrected chi connectivity index (χ1v) is 8.89. The molecule has 0 spiro atoms. The number of carbonyl (C=O) groups excluding carboxylic acids is 1. The Labute approximate surface area is 146 Å². The van der Waals surface area contributed by atoms with Gasteiger partial charge in [0.1, 0.15) is 5.01 Å². The van der Waals surface area contributed by atoms with E-state index in [0.29, 0.717) is 6.54 Å². The zero-order valence-electron chi connectivity index (χ0n) is 13.8. The van der Waals surface area contributed by atoms with Gasteiger partial charge in [-0.2, -0.15) is 0 Å². The molecule has 2 aromatic rings. The van der Waals surface area contributed by atoms with E-state index in [1.165, 1.54) is 0 Å². The summed E-state index contributed by atoms with van der Waals surface area (Å²) in [5.41, 5.74) is 1.98. The molecule has 24 heavy (non-hydrogen) atoms. The number of amides is 2. The third-order valence-electron chi connectivity index (χ3n) is 3.96. The molecule has 1 saturated heterocycles. The van der Waals surface area contributed by atoms with E-state index in [1.807, 2.05) is 23.6 Å². The Morgan fingerprint density at radius 1 is 1.38 bits per heavy atom. The molecule has 3 rings (SSSR count). The molecule has 128 valence electrons. The van der Waals surface area contributed by atoms with Gasteiger partial charge in [-0.15, -0.1) is 11.3 Å². The summed E-state index contributed by atoms with van der Waals surface area (Å²) < 4.78 is 5.39. The van der Waals surface area contributed by atoms with Crippen LogP contribution in [-0.4, -0.2) is 54.2 Å². The topological polar surface area (TPSA) is 57.7 Å². The summed E-state index contributed by atoms with van der Waals surface area (Å²) in [5, 5.41) is 5.86. The lowest BCUT2D eigenvalue weighted by atomic mass is 10.1. The van der Waals surface area contributed by atoms with Crippen molar-refractivity contribution < 1.29 is 9.53 Å². The van der Waals surface area contributed by atoms with Crippen LogP contribution in [0.25, 0.3) is 0 Å². The van der Waals surface area contributed by atoms with E-state index in [1.54, 1.807) is 29.5 Å². The van der Waals surface area contributed by atoms with E-state index in [-0.39, 0.29) is 6.03 Å². The summed E-state index contributed by atoms with van der Waals surface area (Å²) in [7, 11) is 1.78. The smallest absolute Gasteiger partial charge is 0.321 e. The van der Waals surface area contributed by atoms with Crippen molar-refractivity contribution in [3.05, 3.63) is 46.4 Å². The summed E-state index contributed by atoms with van der Waals surface area (Å²) in [5.74, 6) is 0. The highest BCUT2D eigenvalue weighted by atomic mass is 32.1. The first kappa shape index (κ1) is 16.9. The number of anilines is 1. The molecule has 2 amide bonds. The molecule has 1 fully saturated rings. The number of morpholine rings is 1. The van der Waals surface area contributed by atoms with Gasteiger partial charge < -0.3 is 15.0 Å². The Bertz CT molecular complexity index is 656. The number of aromatic nitrogens is 1. The quantitative estimate of drug-likeness (QED) is 0.904. The van der Waals surface area contributed by atoms with Crippen LogP contribution < -0.4 is 5.32 Å². The molecule has 1 aliphatic heterocycles. The SMILES string of the molecule is CN(Cc1nccs1)C(=O)Nc1ccccc1CN1CCOCC1. The number of benzene rings is 1. The van der Waals surface area contributed by atoms with Crippen LogP contribution in [0.1, 0.15) is 10.6 Å². The lowest BCUT2D eigenvalue weighted by Gasteiger charge is -2.27. The second-order valence-corrected chi connectivity index (χ2v) is 6.74. The number of nitrogens with zero attached hydrogens (tertiary/aromatic N) is 3. The molecule has 0 atom stereocenters. The minimum Gasteiger partial charge on any atom is -0.379 e. The highest BCUT2D eigenvalue weighted by Gasteiger charge is 2.15. The fourth-order valence-electron chi connectivity index (χ4n) is 2.60. The largest absolute Gasteiger partial charge is 0.379 e. The zero-order valence-corrected chi connectivity index (χ0v) is 14.6. The van der Waals surface area contributed by atoms with E-state index < -0.39 is 0 Å². The minimum absolute atomic E-state index is 0.125. The second kappa shape index (κ2) is 8.23. The molecular formula is C17H22N4O2S. The summed E-state index contributed by atoms with van der Waals surface area (Å²) in [6.07, 6.45) is 1.75. The molecular weight excluding hydrogens is 324 g/mol. The Balaban J connectivity index is 1.62. The molecule has 7 heteroatoms. The van der Waals surface area contributed by atoms with Gasteiger partial charge in [-0.1, -0.05) is 18.2 Å². The van der Waals surface area contributed by atoms with Gasteiger partial charge in [-0.05, 0) is 11.6 Å². The van der Waals surface area contributed by atoms with Crippen molar-refractivity contribution in [1.82, 2.24) is 14.8 Å². The number of ether oxygens (including phenoxy) is 1. The van der Waals surface area contributed by atoms with E-state index in [2.05, 4.69) is 21.3 Å². The number of para-hydroxylation sites is 1. The molecule has 2 heterocycles. The van der Waals surface area contributed by atoms with Crippen molar-refractivity contribution in [2.45, 2.75) is 13.1 Å². The summed E-state index contributed by atoms with van der Waals surface area (Å²) in [6, 6.07) is 7.83. The van der Waals surface area contributed by atoms with Gasteiger partial charge in [0.25, 0.3) is 0 Å². The molecule has 1 N–H and O–H groups in total. The molecule has 0 radical (unpaired) electrons. The summed E-state index contributed by atoms with van der Waals surface area (Å²) in [6.45, 7) is 4.71. The van der Waals surface area contributed by atoms with Gasteiger partial charge >= 0.3 is 6.03 Å². The highest BCUT2D eigenvalue weighted by molar-refractivity contribution is 7.09. The summed E-state index contributed by atoms with van der Waals surface area (Å²) in [4.78, 5) is 20.6. The molecule has 0 bridgehead atoms. The van der Waals surface area contributed by atoms with Gasteiger partial charge in [0.2, 0.25) is 0 Å². The van der Waals surface area contributed by atoms with Gasteiger partial charge in [-0.25, -0.2) is 9.78 Å². The van der Waals surface area contributed by atoms with E-state index >= 15 is 0 Å². The lowest BCUT2D eigenvalue weighted by Crippen LogP contribution is -2.36. The van der Waals surface area contributed by atoms with Gasteiger partial charge in [0, 0.05) is 43.9 Å². The number of carbonyl (C=O) groups is 1. The van der Waals surface area contributed by atoms with Crippen LogP contribution in [0.5, 0.6) is 0 Å². The first-order chi connectivity index (χ1) is 11.7. The van der Waals surface area contributed by atoms with Crippen molar-refractivity contribution >= 4 is 23.1 Å². The monoisotopic (exact) mass is 346 g/mol. The zero-order chi connectivity index (χ0) is 16.8. The maximum atomic E-state index is 12.4. The van der Waals surface area contributed by atoms with Crippen LogP contribution in [0, 0.1) is 0 Å². The molecule has 1 aromatic carbocycles. The number of urea groups is 1. The maximum Gasteiger partial charge on any atom is 0.321 e. The van der Waals surface area contributed by atoms with Crippen LogP contribution in [0.4, 0.5) is 10.5 Å². The fraction of sp³-hybridized carbons (Fsp3) is 0.412. The molecule has 0 saturated carbocycles. The summed E-state index contributed by atoms with van der Waals surface area (Å²) >= 11 is 1.55. The standard InChI is InChI=1S/C17H22N4O2S/c1-20(13-16-18-6-11-24-16)17(22)19-15-5-3-2-4-14(15)12-21-7-9-23-10-8-21/h2-6,11H,7-10,12-13H2,1H3,(H,19,22). The molecule has 1 aliphatic rings. The predicted octanol–water partition coefficient (Wildman–Crippen LogP) is 2.64. The Kier molecular flexibility index (Phi) is 5.79. The Morgan fingerprint density at radius 2 is 2.17 bits per heavy atom. The van der Waals surface area contributed by atoms with E-state index in [0.717, 1.165) is 49.1 Å². The second-order valence-electron chi connectivity index (χ2n) is 5.76. The maximum absolute atomic E-state index is 12.4. The average Bonchev–Trinajstić information content (AvgIpc) is 3.10. The lowest BCUT2D eigenvalue weighted by molar-refractivity contribution is 0.0342. The van der Waals surface area contributed by atoms with Crippen LogP contribution in [-0.2, 0) is 17.8 Å². The highest BCUT2D eigenvalue weighted by Crippen LogP contribution is 2.19. The third-order valence-corrected chi connectivity index (χ3v) is 4.72. The predicted molar refractivity (Wildman–Crippen MR) is 95.1 cm³/mol. The van der Waals surface area contributed by atoms with Crippen molar-refractivity contribution in [3.8, 4) is 0 Å². The number of hydrogen-bond acceptors (Lipinski definition) is 5. The van der Waals surface area contributed by atoms with Gasteiger partial charge in [-0.3, -0.25) is 4.90 Å². The van der Waals surface area contributed by atoms with E-state index in [4.69, 9.17) is 4.74 Å². The van der Waals surface area contributed by atoms with Crippen molar-refractivity contribution in [2.24, 2.45) is 0 Å². The Morgan fingerprint density at radius 3 is 2.92 bits per heavy atom. The molecule has 0 unspecified atom stereocenters.